The molecule has 0 saturated carbocycles. The predicted molar refractivity (Wildman–Crippen MR) is 67.1 cm³/mol. The Morgan fingerprint density at radius 1 is 1.41 bits per heavy atom. The van der Waals surface area contributed by atoms with Gasteiger partial charge in [-0.15, -0.1) is 0 Å². The van der Waals surface area contributed by atoms with Gasteiger partial charge in [-0.25, -0.2) is 8.42 Å². The first-order valence-corrected chi connectivity index (χ1v) is 7.24. The molecule has 94 valence electrons. The Morgan fingerprint density at radius 3 is 2.59 bits per heavy atom. The summed E-state index contributed by atoms with van der Waals surface area (Å²) in [5.74, 6) is 1.01. The van der Waals surface area contributed by atoms with Crippen molar-refractivity contribution in [1.82, 2.24) is 5.32 Å². The van der Waals surface area contributed by atoms with Gasteiger partial charge in [0.1, 0.15) is 11.0 Å². The van der Waals surface area contributed by atoms with Gasteiger partial charge in [-0.1, -0.05) is 12.1 Å². The summed E-state index contributed by atoms with van der Waals surface area (Å²) >= 11 is 0. The standard InChI is InChI=1S/C12H17NO3S/c1-8-6-9(4-5-11(8)16-3)12-10(13-2)7-17(12,14)15/h4-6,10,12-13H,7H2,1-3H3. The lowest BCUT2D eigenvalue weighted by Gasteiger charge is -2.36. The van der Waals surface area contributed by atoms with Crippen LogP contribution < -0.4 is 10.1 Å². The number of sulfone groups is 1. The number of methoxy groups -OCH3 is 1. The normalized spacial score (nSPS) is 26.3. The van der Waals surface area contributed by atoms with Gasteiger partial charge in [-0.05, 0) is 31.2 Å². The van der Waals surface area contributed by atoms with Crippen LogP contribution in [0.1, 0.15) is 16.4 Å². The Labute approximate surface area is 102 Å². The van der Waals surface area contributed by atoms with Crippen molar-refractivity contribution in [1.29, 1.82) is 0 Å². The van der Waals surface area contributed by atoms with E-state index in [9.17, 15) is 8.42 Å². The third-order valence-corrected chi connectivity index (χ3v) is 5.48. The minimum atomic E-state index is -2.98. The number of nitrogens with one attached hydrogen (secondary N) is 1. The van der Waals surface area contributed by atoms with Gasteiger partial charge in [0.05, 0.1) is 12.9 Å². The van der Waals surface area contributed by atoms with E-state index in [4.69, 9.17) is 4.74 Å². The van der Waals surface area contributed by atoms with Gasteiger partial charge in [-0.2, -0.15) is 0 Å². The van der Waals surface area contributed by atoms with Crippen molar-refractivity contribution < 1.29 is 13.2 Å². The largest absolute Gasteiger partial charge is 0.496 e. The first-order valence-electron chi connectivity index (χ1n) is 5.53. The fourth-order valence-electron chi connectivity index (χ4n) is 2.32. The molecule has 1 aromatic rings. The van der Waals surface area contributed by atoms with Gasteiger partial charge in [-0.3, -0.25) is 0 Å². The van der Waals surface area contributed by atoms with Crippen LogP contribution in [0.3, 0.4) is 0 Å². The number of likely N-dealkylation sites (N-methyl/N-ethyl adjacent to an activating group) is 1. The van der Waals surface area contributed by atoms with Crippen LogP contribution in [0, 0.1) is 6.92 Å². The maximum atomic E-state index is 11.8. The molecule has 0 radical (unpaired) electrons. The molecule has 2 rings (SSSR count). The number of hydrogen-bond acceptors (Lipinski definition) is 4. The zero-order valence-corrected chi connectivity index (χ0v) is 11.0. The summed E-state index contributed by atoms with van der Waals surface area (Å²) in [4.78, 5) is 0. The fraction of sp³-hybridized carbons (Fsp3) is 0.500. The molecule has 0 bridgehead atoms. The van der Waals surface area contributed by atoms with Crippen LogP contribution in [0.15, 0.2) is 18.2 Å². The quantitative estimate of drug-likeness (QED) is 0.877. The van der Waals surface area contributed by atoms with E-state index in [1.165, 1.54) is 0 Å². The van der Waals surface area contributed by atoms with Gasteiger partial charge >= 0.3 is 0 Å². The van der Waals surface area contributed by atoms with E-state index in [-0.39, 0.29) is 11.8 Å². The number of benzene rings is 1. The Balaban J connectivity index is 2.37. The zero-order chi connectivity index (χ0) is 12.6. The first kappa shape index (κ1) is 12.4. The molecular formula is C12H17NO3S. The smallest absolute Gasteiger partial charge is 0.160 e. The molecule has 0 spiro atoms. The van der Waals surface area contributed by atoms with Crippen LogP contribution in [0.25, 0.3) is 0 Å². The van der Waals surface area contributed by atoms with Gasteiger partial charge in [0.2, 0.25) is 0 Å². The molecule has 2 atom stereocenters. The summed E-state index contributed by atoms with van der Waals surface area (Å²) < 4.78 is 28.7. The molecule has 1 aromatic carbocycles. The van der Waals surface area contributed by atoms with Crippen LogP contribution in [0.2, 0.25) is 0 Å². The molecule has 1 aliphatic heterocycles. The van der Waals surface area contributed by atoms with Crippen molar-refractivity contribution in [2.45, 2.75) is 18.2 Å². The Hall–Kier alpha value is -1.07. The molecule has 0 amide bonds. The van der Waals surface area contributed by atoms with Crippen LogP contribution >= 0.6 is 0 Å². The highest BCUT2D eigenvalue weighted by Crippen LogP contribution is 2.37. The first-order chi connectivity index (χ1) is 7.99. The zero-order valence-electron chi connectivity index (χ0n) is 10.2. The summed E-state index contributed by atoms with van der Waals surface area (Å²) in [6.45, 7) is 1.92. The van der Waals surface area contributed by atoms with Crippen molar-refractivity contribution in [3.8, 4) is 5.75 Å². The van der Waals surface area contributed by atoms with Gasteiger partial charge < -0.3 is 10.1 Å². The summed E-state index contributed by atoms with van der Waals surface area (Å²) in [5.41, 5.74) is 1.80. The molecule has 0 aromatic heterocycles. The topological polar surface area (TPSA) is 55.4 Å². The maximum Gasteiger partial charge on any atom is 0.160 e. The van der Waals surface area contributed by atoms with Gasteiger partial charge in [0.25, 0.3) is 0 Å². The van der Waals surface area contributed by atoms with Crippen LogP contribution in [0.4, 0.5) is 0 Å². The summed E-state index contributed by atoms with van der Waals surface area (Å²) in [7, 11) is 0.428. The highest BCUT2D eigenvalue weighted by Gasteiger charge is 2.46. The van der Waals surface area contributed by atoms with Crippen molar-refractivity contribution in [3.05, 3.63) is 29.3 Å². The van der Waals surface area contributed by atoms with Crippen molar-refractivity contribution in [3.63, 3.8) is 0 Å². The Morgan fingerprint density at radius 2 is 2.12 bits per heavy atom. The molecular weight excluding hydrogens is 238 g/mol. The molecule has 1 aliphatic rings. The van der Waals surface area contributed by atoms with Crippen molar-refractivity contribution >= 4 is 9.84 Å². The van der Waals surface area contributed by atoms with E-state index < -0.39 is 15.1 Å². The molecule has 1 N–H and O–H groups in total. The molecule has 2 unspecified atom stereocenters. The van der Waals surface area contributed by atoms with E-state index in [1.807, 2.05) is 25.1 Å². The third-order valence-electron chi connectivity index (χ3n) is 3.28. The van der Waals surface area contributed by atoms with E-state index in [1.54, 1.807) is 14.2 Å². The second-order valence-corrected chi connectivity index (χ2v) is 6.54. The molecule has 17 heavy (non-hydrogen) atoms. The number of hydrogen-bond donors (Lipinski definition) is 1. The molecule has 0 aliphatic carbocycles. The lowest BCUT2D eigenvalue weighted by molar-refractivity contribution is 0.411. The molecule has 5 heteroatoms. The highest BCUT2D eigenvalue weighted by atomic mass is 32.2. The summed E-state index contributed by atoms with van der Waals surface area (Å²) in [5, 5.41) is 2.62. The molecule has 1 saturated heterocycles. The average molecular weight is 255 g/mol. The lowest BCUT2D eigenvalue weighted by Crippen LogP contribution is -2.52. The summed E-state index contributed by atoms with van der Waals surface area (Å²) in [6.07, 6.45) is 0. The second-order valence-electron chi connectivity index (χ2n) is 4.37. The highest BCUT2D eigenvalue weighted by molar-refractivity contribution is 7.93. The van der Waals surface area contributed by atoms with Crippen molar-refractivity contribution in [2.24, 2.45) is 0 Å². The summed E-state index contributed by atoms with van der Waals surface area (Å²) in [6, 6.07) is 5.57. The van der Waals surface area contributed by atoms with Crippen LogP contribution in [-0.2, 0) is 9.84 Å². The predicted octanol–water partition coefficient (Wildman–Crippen LogP) is 1.06. The number of aryl methyl sites for hydroxylation is 1. The van der Waals surface area contributed by atoms with E-state index in [0.29, 0.717) is 0 Å². The Bertz CT molecular complexity index is 525. The SMILES string of the molecule is CNC1CS(=O)(=O)C1c1ccc(OC)c(C)c1. The monoisotopic (exact) mass is 255 g/mol. The lowest BCUT2D eigenvalue weighted by atomic mass is 10.0. The van der Waals surface area contributed by atoms with Crippen LogP contribution in [0.5, 0.6) is 5.75 Å². The number of rotatable bonds is 3. The minimum Gasteiger partial charge on any atom is -0.496 e. The van der Waals surface area contributed by atoms with Crippen LogP contribution in [-0.4, -0.2) is 34.4 Å². The minimum absolute atomic E-state index is 0.0211. The molecule has 4 nitrogen and oxygen atoms in total. The van der Waals surface area contributed by atoms with E-state index >= 15 is 0 Å². The fourth-order valence-corrected chi connectivity index (χ4v) is 4.33. The molecule has 1 heterocycles. The average Bonchev–Trinajstić information content (AvgIpc) is 2.26. The van der Waals surface area contributed by atoms with E-state index in [0.717, 1.165) is 16.9 Å². The second kappa shape index (κ2) is 4.31. The van der Waals surface area contributed by atoms with Gasteiger partial charge in [0, 0.05) is 6.04 Å². The van der Waals surface area contributed by atoms with E-state index in [2.05, 4.69) is 5.32 Å². The Kier molecular flexibility index (Phi) is 3.14. The maximum absolute atomic E-state index is 11.8. The third kappa shape index (κ3) is 2.05. The van der Waals surface area contributed by atoms with Gasteiger partial charge in [0.15, 0.2) is 9.84 Å². The molecule has 1 fully saturated rings. The van der Waals surface area contributed by atoms with Crippen molar-refractivity contribution in [2.75, 3.05) is 19.9 Å². The number of ether oxygens (including phenoxy) is 1.